The predicted octanol–water partition coefficient (Wildman–Crippen LogP) is 2.80. The first-order valence-electron chi connectivity index (χ1n) is 6.74. The van der Waals surface area contributed by atoms with Crippen molar-refractivity contribution in [1.29, 1.82) is 0 Å². The van der Waals surface area contributed by atoms with Gasteiger partial charge >= 0.3 is 0 Å². The lowest BCUT2D eigenvalue weighted by molar-refractivity contribution is 0.216. The molecule has 0 atom stereocenters. The molecule has 19 heavy (non-hydrogen) atoms. The maximum atomic E-state index is 5.16. The molecule has 1 saturated heterocycles. The van der Waals surface area contributed by atoms with Crippen molar-refractivity contribution >= 4 is 17.4 Å². The number of thiocarbonyl (C=S) groups is 1. The summed E-state index contributed by atoms with van der Waals surface area (Å²) in [4.78, 5) is 6.68. The SMILES string of the molecule is COc1ccc(CCN2CCC(N=C=S)CC2)cc1. The highest BCUT2D eigenvalue weighted by Crippen LogP contribution is 2.15. The maximum absolute atomic E-state index is 5.16. The van der Waals surface area contributed by atoms with Crippen molar-refractivity contribution in [3.05, 3.63) is 29.8 Å². The molecule has 1 aromatic rings. The van der Waals surface area contributed by atoms with Crippen molar-refractivity contribution in [2.75, 3.05) is 26.7 Å². The second-order valence-corrected chi connectivity index (χ2v) is 5.07. The molecule has 2 rings (SSSR count). The zero-order valence-corrected chi connectivity index (χ0v) is 12.2. The van der Waals surface area contributed by atoms with E-state index in [1.807, 2.05) is 12.1 Å². The first-order chi connectivity index (χ1) is 9.31. The van der Waals surface area contributed by atoms with Crippen LogP contribution in [0.2, 0.25) is 0 Å². The third-order valence-corrected chi connectivity index (χ3v) is 3.77. The maximum Gasteiger partial charge on any atom is 0.118 e. The van der Waals surface area contributed by atoms with E-state index in [9.17, 15) is 0 Å². The molecule has 0 unspecified atom stereocenters. The quantitative estimate of drug-likeness (QED) is 0.610. The molecule has 0 amide bonds. The molecular formula is C15H20N2OS. The zero-order valence-electron chi connectivity index (χ0n) is 11.3. The minimum atomic E-state index is 0.398. The molecule has 0 spiro atoms. The molecule has 0 radical (unpaired) electrons. The number of hydrogen-bond donors (Lipinski definition) is 0. The summed E-state index contributed by atoms with van der Waals surface area (Å²) < 4.78 is 5.16. The number of piperidine rings is 1. The molecule has 1 fully saturated rings. The molecule has 0 aromatic heterocycles. The van der Waals surface area contributed by atoms with Gasteiger partial charge in [0, 0.05) is 19.6 Å². The summed E-state index contributed by atoms with van der Waals surface area (Å²) >= 11 is 4.66. The largest absolute Gasteiger partial charge is 0.497 e. The van der Waals surface area contributed by atoms with Crippen molar-refractivity contribution in [2.45, 2.75) is 25.3 Å². The average molecular weight is 276 g/mol. The fourth-order valence-corrected chi connectivity index (χ4v) is 2.58. The number of methoxy groups -OCH3 is 1. The molecule has 0 bridgehead atoms. The summed E-state index contributed by atoms with van der Waals surface area (Å²) in [6, 6.07) is 8.73. The monoisotopic (exact) mass is 276 g/mol. The molecule has 1 aromatic carbocycles. The van der Waals surface area contributed by atoms with Crippen LogP contribution in [0.3, 0.4) is 0 Å². The molecule has 0 N–H and O–H groups in total. The molecule has 102 valence electrons. The molecule has 3 nitrogen and oxygen atoms in total. The van der Waals surface area contributed by atoms with Crippen molar-refractivity contribution < 1.29 is 4.74 Å². The Labute approximate surface area is 120 Å². The third-order valence-electron chi connectivity index (χ3n) is 3.67. The Morgan fingerprint density at radius 1 is 1.32 bits per heavy atom. The second-order valence-electron chi connectivity index (χ2n) is 4.89. The average Bonchev–Trinajstić information content (AvgIpc) is 2.47. The summed E-state index contributed by atoms with van der Waals surface area (Å²) in [6.45, 7) is 3.34. The van der Waals surface area contributed by atoms with Crippen LogP contribution in [0.5, 0.6) is 5.75 Å². The Morgan fingerprint density at radius 3 is 2.58 bits per heavy atom. The summed E-state index contributed by atoms with van der Waals surface area (Å²) in [7, 11) is 1.70. The van der Waals surface area contributed by atoms with Gasteiger partial charge in [0.25, 0.3) is 0 Å². The minimum Gasteiger partial charge on any atom is -0.497 e. The fourth-order valence-electron chi connectivity index (χ4n) is 2.43. The van der Waals surface area contributed by atoms with Crippen LogP contribution >= 0.6 is 12.2 Å². The minimum absolute atomic E-state index is 0.398. The van der Waals surface area contributed by atoms with E-state index in [2.05, 4.69) is 39.4 Å². The lowest BCUT2D eigenvalue weighted by Crippen LogP contribution is -2.36. The van der Waals surface area contributed by atoms with Gasteiger partial charge in [-0.25, -0.2) is 4.99 Å². The van der Waals surface area contributed by atoms with Crippen LogP contribution in [0.1, 0.15) is 18.4 Å². The van der Waals surface area contributed by atoms with E-state index >= 15 is 0 Å². The number of ether oxygens (including phenoxy) is 1. The second kappa shape index (κ2) is 7.39. The highest BCUT2D eigenvalue weighted by atomic mass is 32.1. The van der Waals surface area contributed by atoms with Crippen LogP contribution < -0.4 is 4.74 Å². The third kappa shape index (κ3) is 4.43. The van der Waals surface area contributed by atoms with Gasteiger partial charge in [0.05, 0.1) is 18.3 Å². The van der Waals surface area contributed by atoms with E-state index in [0.29, 0.717) is 6.04 Å². The number of hydrogen-bond acceptors (Lipinski definition) is 4. The zero-order chi connectivity index (χ0) is 13.5. The highest BCUT2D eigenvalue weighted by molar-refractivity contribution is 7.78. The van der Waals surface area contributed by atoms with Crippen LogP contribution in [-0.2, 0) is 6.42 Å². The molecule has 4 heteroatoms. The van der Waals surface area contributed by atoms with E-state index < -0.39 is 0 Å². The van der Waals surface area contributed by atoms with E-state index in [0.717, 1.165) is 44.6 Å². The van der Waals surface area contributed by atoms with Crippen LogP contribution in [0.15, 0.2) is 29.3 Å². The summed E-state index contributed by atoms with van der Waals surface area (Å²) in [6.07, 6.45) is 3.30. The van der Waals surface area contributed by atoms with Gasteiger partial charge in [0.15, 0.2) is 0 Å². The first kappa shape index (κ1) is 14.2. The summed E-state index contributed by atoms with van der Waals surface area (Å²) in [5.74, 6) is 0.919. The van der Waals surface area contributed by atoms with E-state index in [4.69, 9.17) is 4.74 Å². The van der Waals surface area contributed by atoms with Crippen LogP contribution in [0, 0.1) is 0 Å². The van der Waals surface area contributed by atoms with Crippen LogP contribution in [0.25, 0.3) is 0 Å². The van der Waals surface area contributed by atoms with Crippen molar-refractivity contribution in [3.63, 3.8) is 0 Å². The lowest BCUT2D eigenvalue weighted by Gasteiger charge is -2.29. The Kier molecular flexibility index (Phi) is 5.52. The molecule has 0 saturated carbocycles. The summed E-state index contributed by atoms with van der Waals surface area (Å²) in [5, 5.41) is 2.50. The van der Waals surface area contributed by atoms with E-state index in [-0.39, 0.29) is 0 Å². The Hall–Kier alpha value is -1.22. The van der Waals surface area contributed by atoms with Gasteiger partial charge in [0.1, 0.15) is 5.75 Å². The predicted molar refractivity (Wildman–Crippen MR) is 81.2 cm³/mol. The van der Waals surface area contributed by atoms with Gasteiger partial charge in [-0.2, -0.15) is 0 Å². The van der Waals surface area contributed by atoms with Crippen LogP contribution in [-0.4, -0.2) is 42.8 Å². The topological polar surface area (TPSA) is 24.8 Å². The van der Waals surface area contributed by atoms with Gasteiger partial charge in [0.2, 0.25) is 0 Å². The van der Waals surface area contributed by atoms with Gasteiger partial charge in [-0.1, -0.05) is 12.1 Å². The molecule has 1 heterocycles. The Bertz CT molecular complexity index is 432. The fraction of sp³-hybridized carbons (Fsp3) is 0.533. The molecule has 0 aliphatic carbocycles. The van der Waals surface area contributed by atoms with Gasteiger partial charge < -0.3 is 9.64 Å². The van der Waals surface area contributed by atoms with E-state index in [1.54, 1.807) is 7.11 Å². The van der Waals surface area contributed by atoms with E-state index in [1.165, 1.54) is 5.56 Å². The molecule has 1 aliphatic rings. The standard InChI is InChI=1S/C15H20N2OS/c1-18-15-4-2-13(3-5-15)6-9-17-10-7-14(8-11-17)16-12-19/h2-5,14H,6-11H2,1H3. The normalized spacial score (nSPS) is 16.9. The van der Waals surface area contributed by atoms with Crippen LogP contribution in [0.4, 0.5) is 0 Å². The van der Waals surface area contributed by atoms with Crippen molar-refractivity contribution in [2.24, 2.45) is 4.99 Å². The number of rotatable bonds is 5. The lowest BCUT2D eigenvalue weighted by atomic mass is 10.0. The van der Waals surface area contributed by atoms with Crippen molar-refractivity contribution in [1.82, 2.24) is 4.90 Å². The Balaban J connectivity index is 1.75. The van der Waals surface area contributed by atoms with Crippen molar-refractivity contribution in [3.8, 4) is 5.75 Å². The number of nitrogens with zero attached hydrogens (tertiary/aromatic N) is 2. The molecule has 1 aliphatic heterocycles. The van der Waals surface area contributed by atoms with Gasteiger partial charge in [-0.05, 0) is 49.2 Å². The number of isothiocyanates is 1. The smallest absolute Gasteiger partial charge is 0.118 e. The Morgan fingerprint density at radius 2 is 2.00 bits per heavy atom. The highest BCUT2D eigenvalue weighted by Gasteiger charge is 2.17. The van der Waals surface area contributed by atoms with Gasteiger partial charge in [-0.3, -0.25) is 0 Å². The van der Waals surface area contributed by atoms with Gasteiger partial charge in [-0.15, -0.1) is 0 Å². The number of likely N-dealkylation sites (tertiary alicyclic amines) is 1. The first-order valence-corrected chi connectivity index (χ1v) is 7.15. The number of benzene rings is 1. The molecular weight excluding hydrogens is 256 g/mol. The number of aliphatic imine (C=N–C) groups is 1. The summed E-state index contributed by atoms with van der Waals surface area (Å²) in [5.41, 5.74) is 1.36.